The van der Waals surface area contributed by atoms with E-state index in [2.05, 4.69) is 42.7 Å². The van der Waals surface area contributed by atoms with Crippen molar-refractivity contribution in [2.24, 2.45) is 0 Å². The Labute approximate surface area is 202 Å². The second-order valence-corrected chi connectivity index (χ2v) is 8.82. The molecule has 0 unspecified atom stereocenters. The van der Waals surface area contributed by atoms with Crippen LogP contribution in [0.3, 0.4) is 0 Å². The molecule has 1 aromatic heterocycles. The molecule has 2 N–H and O–H groups in total. The Morgan fingerprint density at radius 3 is 2.50 bits per heavy atom. The van der Waals surface area contributed by atoms with Gasteiger partial charge < -0.3 is 9.73 Å². The maximum Gasteiger partial charge on any atom is 0.257 e. The number of aromatic nitrogens is 1. The van der Waals surface area contributed by atoms with E-state index in [4.69, 9.17) is 21.6 Å². The van der Waals surface area contributed by atoms with Crippen LogP contribution < -0.4 is 10.6 Å². The second kappa shape index (κ2) is 9.08. The van der Waals surface area contributed by atoms with E-state index in [0.29, 0.717) is 34.2 Å². The Bertz CT molecular complexity index is 1520. The Hall–Kier alpha value is -4.03. The highest BCUT2D eigenvalue weighted by atomic mass is 32.1. The number of hydrogen-bond acceptors (Lipinski definition) is 4. The number of thiocarbonyl (C=S) groups is 1. The molecule has 1 heterocycles. The van der Waals surface area contributed by atoms with Gasteiger partial charge in [0.25, 0.3) is 5.91 Å². The molecule has 0 saturated carbocycles. The molecule has 34 heavy (non-hydrogen) atoms. The third kappa shape index (κ3) is 4.40. The van der Waals surface area contributed by atoms with Gasteiger partial charge in [-0.1, -0.05) is 62.4 Å². The van der Waals surface area contributed by atoms with Gasteiger partial charge in [-0.25, -0.2) is 4.98 Å². The van der Waals surface area contributed by atoms with Gasteiger partial charge in [-0.2, -0.15) is 0 Å². The van der Waals surface area contributed by atoms with Crippen LogP contribution in [0, 0.1) is 0 Å². The average molecular weight is 466 g/mol. The molecule has 1 amide bonds. The number of carbonyl (C=O) groups excluding carboxylic acids is 1. The van der Waals surface area contributed by atoms with Crippen LogP contribution in [-0.2, 0) is 0 Å². The normalized spacial score (nSPS) is 11.1. The zero-order valence-corrected chi connectivity index (χ0v) is 19.6. The summed E-state index contributed by atoms with van der Waals surface area (Å²) < 4.78 is 6.03. The fraction of sp³-hybridized carbons (Fsp3) is 0.107. The van der Waals surface area contributed by atoms with E-state index in [1.54, 1.807) is 0 Å². The lowest BCUT2D eigenvalue weighted by molar-refractivity contribution is 0.0977. The Kier molecular flexibility index (Phi) is 5.82. The molecular formula is C28H23N3O2S. The maximum absolute atomic E-state index is 12.5. The van der Waals surface area contributed by atoms with Gasteiger partial charge in [0.05, 0.1) is 0 Å². The van der Waals surface area contributed by atoms with Gasteiger partial charge in [-0.3, -0.25) is 10.1 Å². The first-order valence-electron chi connectivity index (χ1n) is 11.1. The zero-order valence-electron chi connectivity index (χ0n) is 18.8. The first kappa shape index (κ1) is 21.8. The van der Waals surface area contributed by atoms with E-state index in [-0.39, 0.29) is 11.0 Å². The minimum atomic E-state index is -0.256. The molecule has 168 valence electrons. The van der Waals surface area contributed by atoms with Crippen molar-refractivity contribution in [3.8, 4) is 11.5 Å². The maximum atomic E-state index is 12.5. The Morgan fingerprint density at radius 2 is 1.71 bits per heavy atom. The molecule has 0 aliphatic heterocycles. The van der Waals surface area contributed by atoms with Crippen molar-refractivity contribution in [1.29, 1.82) is 0 Å². The van der Waals surface area contributed by atoms with Gasteiger partial charge in [-0.15, -0.1) is 0 Å². The van der Waals surface area contributed by atoms with Crippen LogP contribution in [0.4, 0.5) is 5.69 Å². The van der Waals surface area contributed by atoms with E-state index in [9.17, 15) is 4.79 Å². The van der Waals surface area contributed by atoms with Gasteiger partial charge in [0.1, 0.15) is 5.52 Å². The number of nitrogens with zero attached hydrogens (tertiary/aromatic N) is 1. The van der Waals surface area contributed by atoms with Crippen molar-refractivity contribution in [3.05, 3.63) is 96.1 Å². The molecule has 5 rings (SSSR count). The number of rotatable bonds is 4. The van der Waals surface area contributed by atoms with Crippen molar-refractivity contribution in [2.45, 2.75) is 19.8 Å². The minimum Gasteiger partial charge on any atom is -0.436 e. The summed E-state index contributed by atoms with van der Waals surface area (Å²) in [7, 11) is 0. The van der Waals surface area contributed by atoms with Crippen LogP contribution in [0.15, 0.2) is 89.3 Å². The quantitative estimate of drug-likeness (QED) is 0.283. The van der Waals surface area contributed by atoms with Gasteiger partial charge in [-0.05, 0) is 70.9 Å². The van der Waals surface area contributed by atoms with Crippen LogP contribution in [0.5, 0.6) is 0 Å². The van der Waals surface area contributed by atoms with E-state index in [1.165, 1.54) is 5.56 Å². The van der Waals surface area contributed by atoms with Crippen LogP contribution in [0.2, 0.25) is 0 Å². The highest BCUT2D eigenvalue weighted by Crippen LogP contribution is 2.31. The summed E-state index contributed by atoms with van der Waals surface area (Å²) in [5.41, 5.74) is 4.77. The lowest BCUT2D eigenvalue weighted by Gasteiger charge is -2.10. The molecule has 0 spiro atoms. The molecule has 5 nitrogen and oxygen atoms in total. The largest absolute Gasteiger partial charge is 0.436 e. The van der Waals surface area contributed by atoms with Crippen molar-refractivity contribution < 1.29 is 9.21 Å². The predicted octanol–water partition coefficient (Wildman–Crippen LogP) is 6.90. The van der Waals surface area contributed by atoms with E-state index in [1.807, 2.05) is 66.7 Å². The number of benzene rings is 4. The summed E-state index contributed by atoms with van der Waals surface area (Å²) in [5.74, 6) is 0.714. The number of amides is 1. The van der Waals surface area contributed by atoms with E-state index in [0.717, 1.165) is 16.3 Å². The number of oxazole rings is 1. The smallest absolute Gasteiger partial charge is 0.257 e. The lowest BCUT2D eigenvalue weighted by atomic mass is 10.0. The minimum absolute atomic E-state index is 0.218. The van der Waals surface area contributed by atoms with Crippen molar-refractivity contribution in [2.75, 3.05) is 5.32 Å². The molecular weight excluding hydrogens is 442 g/mol. The Balaban J connectivity index is 1.32. The van der Waals surface area contributed by atoms with Gasteiger partial charge in [0.2, 0.25) is 5.89 Å². The molecule has 0 fully saturated rings. The molecule has 0 radical (unpaired) electrons. The zero-order chi connectivity index (χ0) is 23.7. The molecule has 0 atom stereocenters. The number of nitrogens with one attached hydrogen (secondary N) is 2. The highest BCUT2D eigenvalue weighted by Gasteiger charge is 2.13. The standard InChI is InChI=1S/C28H23N3O2S/c1-17(2)18-10-12-20(13-11-18)26(32)31-28(34)29-21-14-15-25-24(16-21)30-27(33-25)23-9-5-7-19-6-3-4-8-22(19)23/h3-17H,1-2H3,(H2,29,31,32,34). The SMILES string of the molecule is CC(C)c1ccc(C(=O)NC(=S)Nc2ccc3oc(-c4cccc5ccccc45)nc3c2)cc1. The number of fused-ring (bicyclic) bond motifs is 2. The fourth-order valence-electron chi connectivity index (χ4n) is 3.89. The molecule has 0 saturated heterocycles. The van der Waals surface area contributed by atoms with Crippen LogP contribution in [-0.4, -0.2) is 16.0 Å². The first-order valence-corrected chi connectivity index (χ1v) is 11.5. The van der Waals surface area contributed by atoms with E-state index < -0.39 is 0 Å². The summed E-state index contributed by atoms with van der Waals surface area (Å²) in [4.78, 5) is 17.2. The summed E-state index contributed by atoms with van der Waals surface area (Å²) in [6, 6.07) is 27.3. The number of carbonyl (C=O) groups is 1. The summed E-state index contributed by atoms with van der Waals surface area (Å²) >= 11 is 5.35. The van der Waals surface area contributed by atoms with Crippen LogP contribution >= 0.6 is 12.2 Å². The van der Waals surface area contributed by atoms with Crippen LogP contribution in [0.1, 0.15) is 35.7 Å². The second-order valence-electron chi connectivity index (χ2n) is 8.41. The van der Waals surface area contributed by atoms with Crippen molar-refractivity contribution in [1.82, 2.24) is 10.3 Å². The molecule has 6 heteroatoms. The summed E-state index contributed by atoms with van der Waals surface area (Å²) in [6.07, 6.45) is 0. The van der Waals surface area contributed by atoms with Crippen LogP contribution in [0.25, 0.3) is 33.3 Å². The summed E-state index contributed by atoms with van der Waals surface area (Å²) in [6.45, 7) is 4.23. The lowest BCUT2D eigenvalue weighted by Crippen LogP contribution is -2.34. The van der Waals surface area contributed by atoms with E-state index >= 15 is 0 Å². The average Bonchev–Trinajstić information content (AvgIpc) is 3.27. The van der Waals surface area contributed by atoms with Crippen molar-refractivity contribution in [3.63, 3.8) is 0 Å². The predicted molar refractivity (Wildman–Crippen MR) is 141 cm³/mol. The molecule has 0 bridgehead atoms. The molecule has 5 aromatic rings. The van der Waals surface area contributed by atoms with Gasteiger partial charge >= 0.3 is 0 Å². The first-order chi connectivity index (χ1) is 16.5. The van der Waals surface area contributed by atoms with Crippen molar-refractivity contribution >= 4 is 50.8 Å². The van der Waals surface area contributed by atoms with Gasteiger partial charge in [0, 0.05) is 16.8 Å². The Morgan fingerprint density at radius 1 is 0.941 bits per heavy atom. The third-order valence-electron chi connectivity index (χ3n) is 5.73. The molecule has 0 aliphatic rings. The monoisotopic (exact) mass is 465 g/mol. The highest BCUT2D eigenvalue weighted by molar-refractivity contribution is 7.80. The summed E-state index contributed by atoms with van der Waals surface area (Å²) in [5, 5.41) is 8.22. The molecule has 4 aromatic carbocycles. The fourth-order valence-corrected chi connectivity index (χ4v) is 4.10. The number of hydrogen-bond donors (Lipinski definition) is 2. The molecule has 0 aliphatic carbocycles. The third-order valence-corrected chi connectivity index (χ3v) is 5.94. The number of anilines is 1. The topological polar surface area (TPSA) is 67.2 Å². The van der Waals surface area contributed by atoms with Gasteiger partial charge in [0.15, 0.2) is 10.7 Å².